The molecular weight excluding hydrogens is 518 g/mol. The summed E-state index contributed by atoms with van der Waals surface area (Å²) in [5.41, 5.74) is 8.88. The van der Waals surface area contributed by atoms with Gasteiger partial charge in [-0.25, -0.2) is 0 Å². The third kappa shape index (κ3) is 11.6. The summed E-state index contributed by atoms with van der Waals surface area (Å²) in [4.78, 5) is 2.60. The first-order valence-corrected chi connectivity index (χ1v) is 17.1. The zero-order chi connectivity index (χ0) is 30.8. The van der Waals surface area contributed by atoms with E-state index in [9.17, 15) is 0 Å². The van der Waals surface area contributed by atoms with Gasteiger partial charge in [-0.3, -0.25) is 0 Å². The average Bonchev–Trinajstić information content (AvgIpc) is 2.97. The van der Waals surface area contributed by atoms with Gasteiger partial charge in [0.2, 0.25) is 0 Å². The van der Waals surface area contributed by atoms with Gasteiger partial charge in [0.15, 0.2) is 0 Å². The molecule has 3 heteroatoms. The molecule has 230 valence electrons. The van der Waals surface area contributed by atoms with Crippen molar-refractivity contribution < 1.29 is 4.74 Å². The van der Waals surface area contributed by atoms with Gasteiger partial charge >= 0.3 is 0 Å². The Bertz CT molecular complexity index is 990. The molecule has 2 nitrogen and oxygen atoms in total. The minimum absolute atomic E-state index is 0.494. The molecule has 0 amide bonds. The predicted octanol–water partition coefficient (Wildman–Crippen LogP) is 11.6. The maximum absolute atomic E-state index is 6.59. The van der Waals surface area contributed by atoms with Crippen LogP contribution in [0, 0.1) is 12.8 Å². The Labute approximate surface area is 259 Å². The third-order valence-corrected chi connectivity index (χ3v) is 9.24. The van der Waals surface area contributed by atoms with Crippen LogP contribution in [0.1, 0.15) is 116 Å². The summed E-state index contributed by atoms with van der Waals surface area (Å²) >= 11 is 1.93. The zero-order valence-corrected chi connectivity index (χ0v) is 28.5. The molecular formula is C38H61NOS. The predicted molar refractivity (Wildman–Crippen MR) is 187 cm³/mol. The fraction of sp³-hybridized carbons (Fsp3) is 0.579. The molecule has 1 heterocycles. The van der Waals surface area contributed by atoms with Crippen molar-refractivity contribution in [3.63, 3.8) is 0 Å². The first-order chi connectivity index (χ1) is 19.8. The monoisotopic (exact) mass is 579 g/mol. The van der Waals surface area contributed by atoms with E-state index in [-0.39, 0.29) is 0 Å². The summed E-state index contributed by atoms with van der Waals surface area (Å²) in [6, 6.07) is 5.38. The number of nitrogens with zero attached hydrogens (tertiary/aromatic N) is 1. The molecule has 0 spiro atoms. The van der Waals surface area contributed by atoms with Gasteiger partial charge in [0.05, 0.1) is 0 Å². The molecule has 3 atom stereocenters. The van der Waals surface area contributed by atoms with Crippen molar-refractivity contribution in [1.29, 1.82) is 0 Å². The molecule has 0 saturated carbocycles. The molecule has 0 radical (unpaired) electrons. The summed E-state index contributed by atoms with van der Waals surface area (Å²) in [5.74, 6) is 3.93. The van der Waals surface area contributed by atoms with E-state index in [1.54, 1.807) is 11.6 Å². The fourth-order valence-electron chi connectivity index (χ4n) is 6.23. The molecule has 0 N–H and O–H groups in total. The second kappa shape index (κ2) is 20.7. The van der Waals surface area contributed by atoms with Crippen LogP contribution in [0.4, 0.5) is 0 Å². The molecule has 0 bridgehead atoms. The summed E-state index contributed by atoms with van der Waals surface area (Å²) in [7, 11) is 0. The van der Waals surface area contributed by atoms with E-state index in [1.165, 1.54) is 79.3 Å². The Kier molecular flexibility index (Phi) is 18.6. The van der Waals surface area contributed by atoms with Gasteiger partial charge in [-0.1, -0.05) is 56.6 Å². The molecule has 1 aromatic rings. The minimum Gasteiger partial charge on any atom is -0.483 e. The molecule has 41 heavy (non-hydrogen) atoms. The van der Waals surface area contributed by atoms with Crippen LogP contribution in [0.2, 0.25) is 0 Å². The largest absolute Gasteiger partial charge is 0.483 e. The number of unbranched alkanes of at least 4 members (excludes halogenated alkanes) is 2. The highest BCUT2D eigenvalue weighted by Gasteiger charge is 2.28. The van der Waals surface area contributed by atoms with Gasteiger partial charge in [-0.2, -0.15) is 0 Å². The number of benzene rings is 1. The molecule has 0 saturated heterocycles. The van der Waals surface area contributed by atoms with Gasteiger partial charge in [0.1, 0.15) is 11.7 Å². The van der Waals surface area contributed by atoms with Crippen LogP contribution >= 0.6 is 11.8 Å². The van der Waals surface area contributed by atoms with Crippen LogP contribution in [0.25, 0.3) is 0 Å². The van der Waals surface area contributed by atoms with Crippen molar-refractivity contribution in [2.45, 2.75) is 118 Å². The van der Waals surface area contributed by atoms with Crippen molar-refractivity contribution in [2.75, 3.05) is 18.2 Å². The van der Waals surface area contributed by atoms with Gasteiger partial charge < -0.3 is 9.64 Å². The van der Waals surface area contributed by atoms with E-state index >= 15 is 0 Å². The highest BCUT2D eigenvalue weighted by molar-refractivity contribution is 7.99. The van der Waals surface area contributed by atoms with Gasteiger partial charge in [-0.05, 0) is 108 Å². The summed E-state index contributed by atoms with van der Waals surface area (Å²) < 4.78 is 6.59. The number of rotatable bonds is 13. The smallest absolute Gasteiger partial charge is 0.134 e. The first-order valence-electron chi connectivity index (χ1n) is 16.0. The van der Waals surface area contributed by atoms with Crippen molar-refractivity contribution in [1.82, 2.24) is 4.90 Å². The number of ether oxygens (including phenoxy) is 1. The van der Waals surface area contributed by atoms with Crippen LogP contribution in [-0.4, -0.2) is 29.2 Å². The lowest BCUT2D eigenvalue weighted by Crippen LogP contribution is -2.41. The lowest BCUT2D eigenvalue weighted by Gasteiger charge is -2.41. The molecule has 3 rings (SSSR count). The lowest BCUT2D eigenvalue weighted by atomic mass is 9.83. The normalized spacial score (nSPS) is 19.2. The Hall–Kier alpha value is -2.13. The number of hydrogen-bond donors (Lipinski definition) is 0. The topological polar surface area (TPSA) is 12.5 Å². The van der Waals surface area contributed by atoms with Crippen molar-refractivity contribution >= 4 is 11.8 Å². The highest BCUT2D eigenvalue weighted by atomic mass is 32.2. The van der Waals surface area contributed by atoms with Gasteiger partial charge in [0, 0.05) is 35.5 Å². The molecule has 1 aromatic carbocycles. The molecule has 1 aliphatic heterocycles. The van der Waals surface area contributed by atoms with E-state index in [2.05, 4.69) is 97.0 Å². The first kappa shape index (κ1) is 36.9. The van der Waals surface area contributed by atoms with Crippen molar-refractivity contribution in [2.24, 2.45) is 5.92 Å². The highest BCUT2D eigenvalue weighted by Crippen LogP contribution is 2.40. The van der Waals surface area contributed by atoms with E-state index in [4.69, 9.17) is 4.74 Å². The van der Waals surface area contributed by atoms with E-state index in [0.29, 0.717) is 17.9 Å². The number of aryl methyl sites for hydroxylation is 2. The van der Waals surface area contributed by atoms with Crippen LogP contribution in [0.3, 0.4) is 0 Å². The SMILES string of the molecule is C=C.C=CC.C=CC(C)C1CCC(CSCOc2cc(CCCCC)cc(C)c2C2C=C(C)CCC2)=C(C)N1CC. The van der Waals surface area contributed by atoms with E-state index in [0.717, 1.165) is 30.4 Å². The third-order valence-electron chi connectivity index (χ3n) is 8.40. The quantitative estimate of drug-likeness (QED) is 0.131. The van der Waals surface area contributed by atoms with Crippen molar-refractivity contribution in [3.8, 4) is 5.75 Å². The molecule has 0 fully saturated rings. The van der Waals surface area contributed by atoms with Crippen LogP contribution in [0.5, 0.6) is 5.75 Å². The maximum Gasteiger partial charge on any atom is 0.134 e. The standard InChI is InChI=1S/C33H51NOS.C3H6.C2H4/c1-8-11-12-15-28-20-26(6)33(29-16-13-14-24(4)19-29)32(21-28)35-23-36-22-30-17-18-31(25(5)9-2)34(10-3)27(30)7;1-3-2;1-2/h9,19-21,25,29,31H,2,8,10-18,22-23H2,1,3-7H3;3H,1H2,2H3;1-2H2. The van der Waals surface area contributed by atoms with Gasteiger partial charge in [0.25, 0.3) is 0 Å². The molecule has 0 aromatic heterocycles. The second-order valence-electron chi connectivity index (χ2n) is 11.5. The lowest BCUT2D eigenvalue weighted by molar-refractivity contribution is 0.194. The molecule has 1 aliphatic carbocycles. The number of thioether (sulfide) groups is 1. The summed E-state index contributed by atoms with van der Waals surface area (Å²) in [5, 5.41) is 0. The number of allylic oxidation sites excluding steroid dienone is 4. The van der Waals surface area contributed by atoms with Crippen LogP contribution in [-0.2, 0) is 6.42 Å². The van der Waals surface area contributed by atoms with E-state index in [1.807, 2.05) is 18.7 Å². The van der Waals surface area contributed by atoms with Gasteiger partial charge in [-0.15, -0.1) is 38.1 Å². The average molecular weight is 580 g/mol. The van der Waals surface area contributed by atoms with Crippen molar-refractivity contribution in [3.05, 3.63) is 90.2 Å². The Morgan fingerprint density at radius 1 is 1.07 bits per heavy atom. The summed E-state index contributed by atoms with van der Waals surface area (Å²) in [6.45, 7) is 30.1. The second-order valence-corrected chi connectivity index (χ2v) is 12.4. The summed E-state index contributed by atoms with van der Waals surface area (Å²) in [6.07, 6.45) is 17.5. The van der Waals surface area contributed by atoms with Crippen LogP contribution < -0.4 is 4.74 Å². The Morgan fingerprint density at radius 3 is 2.39 bits per heavy atom. The number of hydrogen-bond acceptors (Lipinski definition) is 3. The van der Waals surface area contributed by atoms with Crippen LogP contribution in [0.15, 0.2) is 73.5 Å². The maximum atomic E-state index is 6.59. The minimum atomic E-state index is 0.494. The zero-order valence-electron chi connectivity index (χ0n) is 27.7. The molecule has 3 unspecified atom stereocenters. The van der Waals surface area contributed by atoms with E-state index < -0.39 is 0 Å². The molecule has 2 aliphatic rings. The fourth-order valence-corrected chi connectivity index (χ4v) is 7.12. The Balaban J connectivity index is 0.00000157. The Morgan fingerprint density at radius 2 is 1.78 bits per heavy atom.